The summed E-state index contributed by atoms with van der Waals surface area (Å²) in [7, 11) is 0. The van der Waals surface area contributed by atoms with E-state index in [0.29, 0.717) is 17.9 Å². The maximum atomic E-state index is 12.5. The maximum Gasteiger partial charge on any atom is 0.188 e. The summed E-state index contributed by atoms with van der Waals surface area (Å²) >= 11 is 14.1. The van der Waals surface area contributed by atoms with Crippen LogP contribution < -0.4 is 4.72 Å². The molecule has 18 heavy (non-hydrogen) atoms. The standard InChI is InChI=1S/C12H14ClNO2S2/c13-9-5-2-1-4-8(9)12(14-17)7-3-6-10(16-18)11(12)15/h1-2,4-5,10,14,17-18H,3,6-7H2/t10?,12-/m1/s1. The quantitative estimate of drug-likeness (QED) is 0.594. The number of ketones is 1. The summed E-state index contributed by atoms with van der Waals surface area (Å²) in [6, 6.07) is 7.29. The molecule has 1 saturated carbocycles. The molecule has 1 unspecified atom stereocenters. The molecule has 0 bridgehead atoms. The number of thiol groups is 2. The Labute approximate surface area is 122 Å². The van der Waals surface area contributed by atoms with Crippen LogP contribution >= 0.6 is 37.3 Å². The van der Waals surface area contributed by atoms with E-state index in [1.165, 1.54) is 0 Å². The molecule has 3 nitrogen and oxygen atoms in total. The molecule has 0 spiro atoms. The number of carbonyl (C=O) groups excluding carboxylic acids is 1. The van der Waals surface area contributed by atoms with Gasteiger partial charge in [0.25, 0.3) is 0 Å². The molecule has 1 aliphatic rings. The monoisotopic (exact) mass is 303 g/mol. The molecule has 0 heterocycles. The molecule has 1 N–H and O–H groups in total. The summed E-state index contributed by atoms with van der Waals surface area (Å²) in [5.41, 5.74) is -0.158. The first-order valence-corrected chi connectivity index (χ1v) is 6.85. The zero-order chi connectivity index (χ0) is 13.2. The molecule has 0 aromatic heterocycles. The van der Waals surface area contributed by atoms with Crippen molar-refractivity contribution in [3.63, 3.8) is 0 Å². The molecule has 6 heteroatoms. The fraction of sp³-hybridized carbons (Fsp3) is 0.417. The zero-order valence-corrected chi connectivity index (χ0v) is 12.1. The van der Waals surface area contributed by atoms with Gasteiger partial charge >= 0.3 is 0 Å². The average molecular weight is 304 g/mol. The molecule has 0 saturated heterocycles. The van der Waals surface area contributed by atoms with Crippen LogP contribution in [0.1, 0.15) is 24.8 Å². The normalized spacial score (nSPS) is 28.4. The Morgan fingerprint density at radius 2 is 2.17 bits per heavy atom. The average Bonchev–Trinajstić information content (AvgIpc) is 2.40. The molecule has 1 aromatic rings. The molecule has 0 amide bonds. The second-order valence-corrected chi connectivity index (χ2v) is 5.19. The molecule has 0 aliphatic heterocycles. The van der Waals surface area contributed by atoms with E-state index in [1.54, 1.807) is 6.07 Å². The summed E-state index contributed by atoms with van der Waals surface area (Å²) < 4.78 is 7.78. The van der Waals surface area contributed by atoms with E-state index >= 15 is 0 Å². The van der Waals surface area contributed by atoms with Crippen LogP contribution in [0.2, 0.25) is 5.02 Å². The van der Waals surface area contributed by atoms with Crippen LogP contribution in [0, 0.1) is 0 Å². The first-order valence-electron chi connectivity index (χ1n) is 5.66. The Hall–Kier alpha value is -0.200. The van der Waals surface area contributed by atoms with Gasteiger partial charge in [-0.15, -0.1) is 0 Å². The molecule has 2 atom stereocenters. The van der Waals surface area contributed by atoms with Crippen LogP contribution in [0.15, 0.2) is 24.3 Å². The van der Waals surface area contributed by atoms with E-state index in [4.69, 9.17) is 15.8 Å². The Morgan fingerprint density at radius 1 is 1.44 bits per heavy atom. The van der Waals surface area contributed by atoms with Crippen molar-refractivity contribution in [2.75, 3.05) is 0 Å². The van der Waals surface area contributed by atoms with Gasteiger partial charge in [-0.1, -0.05) is 42.6 Å². The fourth-order valence-electron chi connectivity index (χ4n) is 2.43. The van der Waals surface area contributed by atoms with Gasteiger partial charge in [-0.25, -0.2) is 4.72 Å². The van der Waals surface area contributed by atoms with Crippen molar-refractivity contribution in [1.29, 1.82) is 0 Å². The Morgan fingerprint density at radius 3 is 2.78 bits per heavy atom. The van der Waals surface area contributed by atoms with Gasteiger partial charge in [-0.3, -0.25) is 4.79 Å². The maximum absolute atomic E-state index is 12.5. The summed E-state index contributed by atoms with van der Waals surface area (Å²) in [5, 5.41) is 0.548. The van der Waals surface area contributed by atoms with Gasteiger partial charge in [0.15, 0.2) is 5.78 Å². The van der Waals surface area contributed by atoms with Crippen LogP contribution in [-0.2, 0) is 14.5 Å². The van der Waals surface area contributed by atoms with E-state index in [0.717, 1.165) is 12.0 Å². The molecule has 1 aromatic carbocycles. The summed E-state index contributed by atoms with van der Waals surface area (Å²) in [6.45, 7) is 0. The third-order valence-electron chi connectivity index (χ3n) is 3.38. The molecule has 2 rings (SSSR count). The van der Waals surface area contributed by atoms with E-state index < -0.39 is 11.6 Å². The number of hydrogen-bond acceptors (Lipinski definition) is 5. The van der Waals surface area contributed by atoms with Crippen molar-refractivity contribution in [1.82, 2.24) is 4.72 Å². The number of benzene rings is 1. The predicted molar refractivity (Wildman–Crippen MR) is 78.0 cm³/mol. The third-order valence-corrected chi connectivity index (χ3v) is 4.35. The first kappa shape index (κ1) is 14.2. The van der Waals surface area contributed by atoms with E-state index in [2.05, 4.69) is 30.4 Å². The van der Waals surface area contributed by atoms with Crippen LogP contribution in [0.25, 0.3) is 0 Å². The van der Waals surface area contributed by atoms with Gasteiger partial charge in [0, 0.05) is 5.02 Å². The van der Waals surface area contributed by atoms with Crippen molar-refractivity contribution in [3.05, 3.63) is 34.9 Å². The van der Waals surface area contributed by atoms with Crippen LogP contribution in [0.3, 0.4) is 0 Å². The fourth-order valence-corrected chi connectivity index (χ4v) is 3.27. The van der Waals surface area contributed by atoms with Crippen molar-refractivity contribution < 1.29 is 8.98 Å². The van der Waals surface area contributed by atoms with Crippen molar-refractivity contribution in [3.8, 4) is 0 Å². The molecule has 1 aliphatic carbocycles. The Kier molecular flexibility index (Phi) is 4.61. The first-order chi connectivity index (χ1) is 8.65. The van der Waals surface area contributed by atoms with Gasteiger partial charge in [0.05, 0.1) is 0 Å². The molecule has 98 valence electrons. The number of carbonyl (C=O) groups is 1. The van der Waals surface area contributed by atoms with Crippen molar-refractivity contribution in [2.45, 2.75) is 30.9 Å². The largest absolute Gasteiger partial charge is 0.307 e. The zero-order valence-electron chi connectivity index (χ0n) is 9.60. The highest BCUT2D eigenvalue weighted by Crippen LogP contribution is 2.39. The minimum absolute atomic E-state index is 0.0770. The van der Waals surface area contributed by atoms with Crippen molar-refractivity contribution >= 4 is 43.1 Å². The lowest BCUT2D eigenvalue weighted by Gasteiger charge is -2.38. The highest BCUT2D eigenvalue weighted by molar-refractivity contribution is 7.78. The smallest absolute Gasteiger partial charge is 0.188 e. The Balaban J connectivity index is 2.48. The topological polar surface area (TPSA) is 38.3 Å². The lowest BCUT2D eigenvalue weighted by atomic mass is 9.75. The molecular weight excluding hydrogens is 290 g/mol. The number of hydrogen-bond donors (Lipinski definition) is 3. The van der Waals surface area contributed by atoms with E-state index in [-0.39, 0.29) is 5.78 Å². The van der Waals surface area contributed by atoms with E-state index in [1.807, 2.05) is 18.2 Å². The van der Waals surface area contributed by atoms with Crippen LogP contribution in [-0.4, -0.2) is 11.9 Å². The predicted octanol–water partition coefficient (Wildman–Crippen LogP) is 2.95. The van der Waals surface area contributed by atoms with Gasteiger partial charge in [0.2, 0.25) is 0 Å². The van der Waals surface area contributed by atoms with Gasteiger partial charge in [-0.2, -0.15) is 0 Å². The van der Waals surface area contributed by atoms with Crippen molar-refractivity contribution in [2.24, 2.45) is 0 Å². The van der Waals surface area contributed by atoms with Gasteiger partial charge in [-0.05, 0) is 43.8 Å². The summed E-state index contributed by atoms with van der Waals surface area (Å²) in [4.78, 5) is 12.5. The highest BCUT2D eigenvalue weighted by Gasteiger charge is 2.46. The number of halogens is 1. The summed E-state index contributed by atoms with van der Waals surface area (Å²) in [5.74, 6) is -0.0770. The number of rotatable bonds is 3. The molecule has 1 fully saturated rings. The summed E-state index contributed by atoms with van der Waals surface area (Å²) in [6.07, 6.45) is 1.63. The lowest BCUT2D eigenvalue weighted by molar-refractivity contribution is -0.134. The third kappa shape index (κ3) is 2.30. The van der Waals surface area contributed by atoms with Gasteiger partial charge in [0.1, 0.15) is 11.6 Å². The SMILES string of the molecule is O=C1C(OS)CCC[C@@]1(NS)c1ccccc1Cl. The highest BCUT2D eigenvalue weighted by atomic mass is 35.5. The van der Waals surface area contributed by atoms with Gasteiger partial charge < -0.3 is 4.18 Å². The molecule has 0 radical (unpaired) electrons. The van der Waals surface area contributed by atoms with Crippen LogP contribution in [0.5, 0.6) is 0 Å². The Bertz CT molecular complexity index is 457. The lowest BCUT2D eigenvalue weighted by Crippen LogP contribution is -2.53. The minimum Gasteiger partial charge on any atom is -0.307 e. The van der Waals surface area contributed by atoms with E-state index in [9.17, 15) is 4.79 Å². The van der Waals surface area contributed by atoms with Crippen LogP contribution in [0.4, 0.5) is 0 Å². The number of nitrogens with one attached hydrogen (secondary N) is 1. The second kappa shape index (κ2) is 5.84. The number of Topliss-reactive ketones (excluding diaryl/α,β-unsaturated/α-hetero) is 1. The second-order valence-electron chi connectivity index (χ2n) is 4.35. The minimum atomic E-state index is -0.896. The molecular formula is C12H14ClNO2S2.